The maximum Gasteiger partial charge on any atom is 0.196 e. The van der Waals surface area contributed by atoms with Gasteiger partial charge in [-0.3, -0.25) is 0 Å². The van der Waals surface area contributed by atoms with Crippen molar-refractivity contribution in [3.8, 4) is 5.75 Å². The van der Waals surface area contributed by atoms with Crippen LogP contribution in [0.3, 0.4) is 0 Å². The van der Waals surface area contributed by atoms with Crippen molar-refractivity contribution < 1.29 is 14.2 Å². The molecule has 1 aliphatic rings. The lowest BCUT2D eigenvalue weighted by Gasteiger charge is -2.25. The minimum Gasteiger partial charge on any atom is -0.496 e. The predicted molar refractivity (Wildman–Crippen MR) is 66.6 cm³/mol. The smallest absolute Gasteiger partial charge is 0.196 e. The molecule has 0 aromatic heterocycles. The molecule has 1 aliphatic heterocycles. The number of methoxy groups -OCH3 is 1. The van der Waals surface area contributed by atoms with E-state index in [9.17, 15) is 0 Å². The fraction of sp³-hybridized carbons (Fsp3) is 0.538. The van der Waals surface area contributed by atoms with Crippen molar-refractivity contribution in [3.05, 3.63) is 29.3 Å². The SMILES string of the molecule is COc1ccc(C)cc1C1(C)OCC(CCl)O1. The predicted octanol–water partition coefficient (Wildman–Crippen LogP) is 2.83. The Hall–Kier alpha value is -0.770. The summed E-state index contributed by atoms with van der Waals surface area (Å²) in [5, 5.41) is 0. The summed E-state index contributed by atoms with van der Waals surface area (Å²) in [5.41, 5.74) is 2.05. The lowest BCUT2D eigenvalue weighted by molar-refractivity contribution is -0.160. The third-order valence-electron chi connectivity index (χ3n) is 2.95. The zero-order valence-electron chi connectivity index (χ0n) is 10.3. The molecule has 0 spiro atoms. The van der Waals surface area contributed by atoms with Crippen LogP contribution < -0.4 is 4.74 Å². The van der Waals surface area contributed by atoms with E-state index in [4.69, 9.17) is 25.8 Å². The van der Waals surface area contributed by atoms with Crippen molar-refractivity contribution >= 4 is 11.6 Å². The molecule has 1 aromatic rings. The average Bonchev–Trinajstić information content (AvgIpc) is 2.72. The minimum atomic E-state index is -0.767. The number of aryl methyl sites for hydroxylation is 1. The molecule has 2 rings (SSSR count). The molecule has 1 heterocycles. The monoisotopic (exact) mass is 256 g/mol. The van der Waals surface area contributed by atoms with Crippen molar-refractivity contribution in [1.82, 2.24) is 0 Å². The number of benzene rings is 1. The lowest BCUT2D eigenvalue weighted by Crippen LogP contribution is -2.25. The first-order chi connectivity index (χ1) is 8.09. The Labute approximate surface area is 107 Å². The van der Waals surface area contributed by atoms with Crippen LogP contribution in [0, 0.1) is 6.92 Å². The van der Waals surface area contributed by atoms with E-state index in [-0.39, 0.29) is 6.10 Å². The summed E-state index contributed by atoms with van der Waals surface area (Å²) in [7, 11) is 1.64. The molecule has 0 aliphatic carbocycles. The van der Waals surface area contributed by atoms with Gasteiger partial charge in [0.25, 0.3) is 0 Å². The van der Waals surface area contributed by atoms with Crippen LogP contribution in [0.25, 0.3) is 0 Å². The van der Waals surface area contributed by atoms with E-state index in [0.29, 0.717) is 12.5 Å². The summed E-state index contributed by atoms with van der Waals surface area (Å²) < 4.78 is 16.9. The Morgan fingerprint density at radius 3 is 2.88 bits per heavy atom. The number of hydrogen-bond acceptors (Lipinski definition) is 3. The van der Waals surface area contributed by atoms with E-state index in [1.807, 2.05) is 32.0 Å². The van der Waals surface area contributed by atoms with E-state index in [0.717, 1.165) is 16.9 Å². The summed E-state index contributed by atoms with van der Waals surface area (Å²) in [6.45, 7) is 4.44. The molecule has 0 bridgehead atoms. The van der Waals surface area contributed by atoms with Crippen LogP contribution in [0.2, 0.25) is 0 Å². The van der Waals surface area contributed by atoms with Crippen LogP contribution in [0.1, 0.15) is 18.1 Å². The molecule has 0 amide bonds. The van der Waals surface area contributed by atoms with Crippen molar-refractivity contribution in [3.63, 3.8) is 0 Å². The average molecular weight is 257 g/mol. The van der Waals surface area contributed by atoms with Gasteiger partial charge in [-0.25, -0.2) is 0 Å². The Balaban J connectivity index is 2.36. The van der Waals surface area contributed by atoms with Crippen LogP contribution in [-0.2, 0) is 15.3 Å². The van der Waals surface area contributed by atoms with Crippen molar-refractivity contribution in [1.29, 1.82) is 0 Å². The third kappa shape index (κ3) is 2.41. The molecule has 94 valence electrons. The van der Waals surface area contributed by atoms with Gasteiger partial charge in [0.1, 0.15) is 5.75 Å². The van der Waals surface area contributed by atoms with Gasteiger partial charge in [-0.1, -0.05) is 11.6 Å². The van der Waals surface area contributed by atoms with Gasteiger partial charge in [0.05, 0.1) is 31.3 Å². The maximum absolute atomic E-state index is 5.85. The molecule has 1 aromatic carbocycles. The number of ether oxygens (including phenoxy) is 3. The molecule has 4 heteroatoms. The third-order valence-corrected chi connectivity index (χ3v) is 3.30. The second-order valence-corrected chi connectivity index (χ2v) is 4.66. The van der Waals surface area contributed by atoms with E-state index in [1.165, 1.54) is 0 Å². The van der Waals surface area contributed by atoms with E-state index < -0.39 is 5.79 Å². The van der Waals surface area contributed by atoms with Gasteiger partial charge in [-0.05, 0) is 26.0 Å². The second-order valence-electron chi connectivity index (χ2n) is 4.35. The zero-order valence-corrected chi connectivity index (χ0v) is 11.1. The summed E-state index contributed by atoms with van der Waals surface area (Å²) in [4.78, 5) is 0. The Bertz CT molecular complexity index is 408. The largest absolute Gasteiger partial charge is 0.496 e. The summed E-state index contributed by atoms with van der Waals surface area (Å²) >= 11 is 5.79. The molecule has 0 radical (unpaired) electrons. The number of rotatable bonds is 3. The highest BCUT2D eigenvalue weighted by Crippen LogP contribution is 2.39. The fourth-order valence-electron chi connectivity index (χ4n) is 2.03. The molecule has 1 saturated heterocycles. The first-order valence-electron chi connectivity index (χ1n) is 5.62. The first kappa shape index (κ1) is 12.7. The number of hydrogen-bond donors (Lipinski definition) is 0. The molecule has 0 saturated carbocycles. The number of halogens is 1. The van der Waals surface area contributed by atoms with Gasteiger partial charge in [0, 0.05) is 0 Å². The quantitative estimate of drug-likeness (QED) is 0.779. The van der Waals surface area contributed by atoms with Gasteiger partial charge < -0.3 is 14.2 Å². The molecular weight excluding hydrogens is 240 g/mol. The number of alkyl halides is 1. The fourth-order valence-corrected chi connectivity index (χ4v) is 2.18. The highest BCUT2D eigenvalue weighted by molar-refractivity contribution is 6.18. The van der Waals surface area contributed by atoms with Crippen molar-refractivity contribution in [2.75, 3.05) is 19.6 Å². The zero-order chi connectivity index (χ0) is 12.5. The minimum absolute atomic E-state index is 0.0631. The van der Waals surface area contributed by atoms with E-state index in [1.54, 1.807) is 7.11 Å². The van der Waals surface area contributed by atoms with E-state index in [2.05, 4.69) is 0 Å². The molecular formula is C13H17ClO3. The lowest BCUT2D eigenvalue weighted by atomic mass is 10.0. The van der Waals surface area contributed by atoms with Crippen LogP contribution in [0.4, 0.5) is 0 Å². The molecule has 17 heavy (non-hydrogen) atoms. The molecule has 3 nitrogen and oxygen atoms in total. The summed E-state index contributed by atoms with van der Waals surface area (Å²) in [6, 6.07) is 5.95. The van der Waals surface area contributed by atoms with Gasteiger partial charge in [0.15, 0.2) is 5.79 Å². The Morgan fingerprint density at radius 1 is 1.53 bits per heavy atom. The second kappa shape index (κ2) is 4.84. The standard InChI is InChI=1S/C13H17ClO3/c1-9-4-5-12(15-3)11(6-9)13(2)16-8-10(7-14)17-13/h4-6,10H,7-8H2,1-3H3. The van der Waals surface area contributed by atoms with Crippen LogP contribution in [-0.4, -0.2) is 25.7 Å². The van der Waals surface area contributed by atoms with Crippen molar-refractivity contribution in [2.45, 2.75) is 25.7 Å². The first-order valence-corrected chi connectivity index (χ1v) is 6.15. The summed E-state index contributed by atoms with van der Waals surface area (Å²) in [5.74, 6) is 0.439. The Morgan fingerprint density at radius 2 is 2.29 bits per heavy atom. The maximum atomic E-state index is 5.85. The van der Waals surface area contributed by atoms with Gasteiger partial charge in [-0.15, -0.1) is 11.6 Å². The molecule has 2 atom stereocenters. The van der Waals surface area contributed by atoms with Crippen LogP contribution >= 0.6 is 11.6 Å². The highest BCUT2D eigenvalue weighted by atomic mass is 35.5. The highest BCUT2D eigenvalue weighted by Gasteiger charge is 2.40. The van der Waals surface area contributed by atoms with Gasteiger partial charge in [0.2, 0.25) is 0 Å². The van der Waals surface area contributed by atoms with Crippen molar-refractivity contribution in [2.24, 2.45) is 0 Å². The van der Waals surface area contributed by atoms with Gasteiger partial charge in [-0.2, -0.15) is 0 Å². The normalized spacial score (nSPS) is 28.4. The topological polar surface area (TPSA) is 27.7 Å². The van der Waals surface area contributed by atoms with Crippen LogP contribution in [0.15, 0.2) is 18.2 Å². The van der Waals surface area contributed by atoms with E-state index >= 15 is 0 Å². The summed E-state index contributed by atoms with van der Waals surface area (Å²) in [6.07, 6.45) is -0.0631. The molecule has 2 unspecified atom stereocenters. The molecule has 1 fully saturated rings. The molecule has 0 N–H and O–H groups in total. The van der Waals surface area contributed by atoms with Gasteiger partial charge >= 0.3 is 0 Å². The van der Waals surface area contributed by atoms with Crippen LogP contribution in [0.5, 0.6) is 5.75 Å². The Kier molecular flexibility index (Phi) is 3.61.